The highest BCUT2D eigenvalue weighted by molar-refractivity contribution is 4.91. The Kier molecular flexibility index (Phi) is 4.99. The minimum Gasteiger partial charge on any atom is -0.389 e. The summed E-state index contributed by atoms with van der Waals surface area (Å²) in [7, 11) is 0. The smallest absolute Gasteiger partial charge is 0.0741 e. The summed E-state index contributed by atoms with van der Waals surface area (Å²) in [5, 5.41) is 13.5. The molecule has 3 nitrogen and oxygen atoms in total. The fourth-order valence-electron chi connectivity index (χ4n) is 2.47. The van der Waals surface area contributed by atoms with Crippen molar-refractivity contribution in [2.45, 2.75) is 83.6 Å². The van der Waals surface area contributed by atoms with Crippen LogP contribution in [-0.2, 0) is 4.74 Å². The molecule has 1 aliphatic heterocycles. The summed E-state index contributed by atoms with van der Waals surface area (Å²) >= 11 is 0. The molecule has 0 saturated carbocycles. The molecule has 0 aliphatic carbocycles. The van der Waals surface area contributed by atoms with Crippen molar-refractivity contribution in [2.75, 3.05) is 6.61 Å². The van der Waals surface area contributed by atoms with Crippen LogP contribution in [0.3, 0.4) is 0 Å². The van der Waals surface area contributed by atoms with Gasteiger partial charge in [-0.15, -0.1) is 0 Å². The third kappa shape index (κ3) is 3.94. The summed E-state index contributed by atoms with van der Waals surface area (Å²) in [5.41, 5.74) is -0.616. The number of rotatable bonds is 5. The number of nitrogens with one attached hydrogen (secondary N) is 1. The van der Waals surface area contributed by atoms with Crippen LogP contribution in [-0.4, -0.2) is 35.0 Å². The van der Waals surface area contributed by atoms with Crippen molar-refractivity contribution < 1.29 is 9.84 Å². The van der Waals surface area contributed by atoms with Crippen molar-refractivity contribution in [1.29, 1.82) is 0 Å². The second-order valence-electron chi connectivity index (χ2n) is 5.97. The standard InChI is InChI=1S/C14H29NO2/c1-6-14(7-2)10-12(8-9-17-14)15-11(3)13(4,5)16/h11-12,15-16H,6-10H2,1-5H3. The first kappa shape index (κ1) is 14.9. The van der Waals surface area contributed by atoms with Crippen LogP contribution >= 0.6 is 0 Å². The van der Waals surface area contributed by atoms with Gasteiger partial charge in [-0.3, -0.25) is 0 Å². The molecule has 0 aromatic heterocycles. The Morgan fingerprint density at radius 1 is 1.41 bits per heavy atom. The van der Waals surface area contributed by atoms with Crippen LogP contribution in [0.2, 0.25) is 0 Å². The average Bonchev–Trinajstić information content (AvgIpc) is 2.28. The van der Waals surface area contributed by atoms with Crippen molar-refractivity contribution in [3.63, 3.8) is 0 Å². The van der Waals surface area contributed by atoms with E-state index in [0.717, 1.165) is 32.3 Å². The SMILES string of the molecule is CCC1(CC)CC(NC(C)C(C)(C)O)CCO1. The lowest BCUT2D eigenvalue weighted by Crippen LogP contribution is -2.53. The van der Waals surface area contributed by atoms with E-state index < -0.39 is 5.60 Å². The average molecular weight is 243 g/mol. The monoisotopic (exact) mass is 243 g/mol. The van der Waals surface area contributed by atoms with Gasteiger partial charge in [-0.2, -0.15) is 0 Å². The van der Waals surface area contributed by atoms with E-state index in [1.165, 1.54) is 0 Å². The van der Waals surface area contributed by atoms with Crippen LogP contribution in [0.25, 0.3) is 0 Å². The van der Waals surface area contributed by atoms with Crippen molar-refractivity contribution in [2.24, 2.45) is 0 Å². The highest BCUT2D eigenvalue weighted by Gasteiger charge is 2.36. The van der Waals surface area contributed by atoms with Gasteiger partial charge in [0.2, 0.25) is 0 Å². The lowest BCUT2D eigenvalue weighted by atomic mass is 9.85. The van der Waals surface area contributed by atoms with Gasteiger partial charge in [0, 0.05) is 18.7 Å². The fraction of sp³-hybridized carbons (Fsp3) is 1.00. The fourth-order valence-corrected chi connectivity index (χ4v) is 2.47. The van der Waals surface area contributed by atoms with Gasteiger partial charge in [0.25, 0.3) is 0 Å². The Hall–Kier alpha value is -0.120. The molecule has 0 aromatic rings. The predicted octanol–water partition coefficient (Wildman–Crippen LogP) is 2.47. The molecule has 2 atom stereocenters. The molecule has 2 unspecified atom stereocenters. The zero-order valence-corrected chi connectivity index (χ0v) is 12.0. The molecule has 3 heteroatoms. The first-order chi connectivity index (χ1) is 7.83. The van der Waals surface area contributed by atoms with E-state index in [1.807, 2.05) is 13.8 Å². The summed E-state index contributed by atoms with van der Waals surface area (Å²) in [4.78, 5) is 0. The molecule has 2 N–H and O–H groups in total. The number of ether oxygens (including phenoxy) is 1. The van der Waals surface area contributed by atoms with Crippen LogP contribution < -0.4 is 5.32 Å². The van der Waals surface area contributed by atoms with Gasteiger partial charge in [0.05, 0.1) is 11.2 Å². The molecule has 1 fully saturated rings. The summed E-state index contributed by atoms with van der Waals surface area (Å²) in [6, 6.07) is 0.571. The van der Waals surface area contributed by atoms with Crippen LogP contribution in [0.5, 0.6) is 0 Å². The summed E-state index contributed by atoms with van der Waals surface area (Å²) in [6.07, 6.45) is 4.24. The van der Waals surface area contributed by atoms with E-state index in [1.54, 1.807) is 0 Å². The van der Waals surface area contributed by atoms with Crippen LogP contribution in [0.15, 0.2) is 0 Å². The van der Waals surface area contributed by atoms with Crippen molar-refractivity contribution in [3.05, 3.63) is 0 Å². The van der Waals surface area contributed by atoms with E-state index in [0.29, 0.717) is 6.04 Å². The second-order valence-corrected chi connectivity index (χ2v) is 5.97. The molecule has 1 saturated heterocycles. The molecule has 1 aliphatic rings. The van der Waals surface area contributed by atoms with E-state index in [4.69, 9.17) is 4.74 Å². The van der Waals surface area contributed by atoms with Gasteiger partial charge in [-0.1, -0.05) is 13.8 Å². The maximum Gasteiger partial charge on any atom is 0.0741 e. The number of aliphatic hydroxyl groups is 1. The lowest BCUT2D eigenvalue weighted by Gasteiger charge is -2.42. The zero-order valence-electron chi connectivity index (χ0n) is 12.0. The minimum atomic E-state index is -0.667. The summed E-state index contributed by atoms with van der Waals surface area (Å²) < 4.78 is 5.96. The third-order valence-electron chi connectivity index (χ3n) is 4.33. The first-order valence-electron chi connectivity index (χ1n) is 6.95. The Bertz CT molecular complexity index is 231. The molecular weight excluding hydrogens is 214 g/mol. The third-order valence-corrected chi connectivity index (χ3v) is 4.33. The highest BCUT2D eigenvalue weighted by atomic mass is 16.5. The van der Waals surface area contributed by atoms with Crippen molar-refractivity contribution in [3.8, 4) is 0 Å². The molecule has 0 bridgehead atoms. The molecule has 1 heterocycles. The van der Waals surface area contributed by atoms with Crippen molar-refractivity contribution in [1.82, 2.24) is 5.32 Å². The zero-order chi connectivity index (χ0) is 13.1. The van der Waals surface area contributed by atoms with Crippen molar-refractivity contribution >= 4 is 0 Å². The van der Waals surface area contributed by atoms with E-state index in [2.05, 4.69) is 26.1 Å². The molecule has 1 rings (SSSR count). The summed E-state index contributed by atoms with van der Waals surface area (Å²) in [6.45, 7) is 11.0. The number of hydrogen-bond acceptors (Lipinski definition) is 3. The molecule has 102 valence electrons. The van der Waals surface area contributed by atoms with Gasteiger partial charge in [-0.25, -0.2) is 0 Å². The topological polar surface area (TPSA) is 41.5 Å². The molecule has 0 amide bonds. The highest BCUT2D eigenvalue weighted by Crippen LogP contribution is 2.31. The maximum absolute atomic E-state index is 9.97. The van der Waals surface area contributed by atoms with E-state index >= 15 is 0 Å². The quantitative estimate of drug-likeness (QED) is 0.779. The van der Waals surface area contributed by atoms with E-state index in [-0.39, 0.29) is 11.6 Å². The van der Waals surface area contributed by atoms with Gasteiger partial charge in [-0.05, 0) is 46.5 Å². The van der Waals surface area contributed by atoms with Gasteiger partial charge in [0.15, 0.2) is 0 Å². The van der Waals surface area contributed by atoms with Crippen LogP contribution in [0, 0.1) is 0 Å². The summed E-state index contributed by atoms with van der Waals surface area (Å²) in [5.74, 6) is 0. The Morgan fingerprint density at radius 3 is 2.47 bits per heavy atom. The predicted molar refractivity (Wildman–Crippen MR) is 71.2 cm³/mol. The number of hydrogen-bond donors (Lipinski definition) is 2. The lowest BCUT2D eigenvalue weighted by molar-refractivity contribution is -0.0970. The Morgan fingerprint density at radius 2 is 2.00 bits per heavy atom. The Labute approximate surface area is 106 Å². The molecule has 0 aromatic carbocycles. The molecule has 0 radical (unpaired) electrons. The van der Waals surface area contributed by atoms with Gasteiger partial charge >= 0.3 is 0 Å². The second kappa shape index (κ2) is 5.68. The Balaban J connectivity index is 2.56. The minimum absolute atomic E-state index is 0.0508. The van der Waals surface area contributed by atoms with Gasteiger partial charge < -0.3 is 15.2 Å². The first-order valence-corrected chi connectivity index (χ1v) is 6.95. The van der Waals surface area contributed by atoms with Gasteiger partial charge in [0.1, 0.15) is 0 Å². The maximum atomic E-state index is 9.97. The van der Waals surface area contributed by atoms with Crippen LogP contribution in [0.4, 0.5) is 0 Å². The molecule has 0 spiro atoms. The molecular formula is C14H29NO2. The van der Waals surface area contributed by atoms with E-state index in [9.17, 15) is 5.11 Å². The normalized spacial score (nSPS) is 26.8. The molecule has 17 heavy (non-hydrogen) atoms. The van der Waals surface area contributed by atoms with Crippen LogP contribution in [0.1, 0.15) is 60.3 Å². The largest absolute Gasteiger partial charge is 0.389 e.